The van der Waals surface area contributed by atoms with Gasteiger partial charge in [-0.3, -0.25) is 4.79 Å². The van der Waals surface area contributed by atoms with Crippen LogP contribution in [0.1, 0.15) is 23.2 Å². The van der Waals surface area contributed by atoms with Gasteiger partial charge in [0, 0.05) is 18.7 Å². The highest BCUT2D eigenvalue weighted by molar-refractivity contribution is 5.95. The number of methoxy groups -OCH3 is 1. The van der Waals surface area contributed by atoms with E-state index in [9.17, 15) is 4.79 Å². The standard InChI is InChI=1S/C22H25N5O3/c1-29-16-7-5-15(6-8-16)21(28)27-11-9-14(10-12-27)13-30-18-4-2-3-17-19(18)20(23)26-22(24)25-17/h2-8,14H,9-13H2,1H3,(H4,23,24,25,26). The summed E-state index contributed by atoms with van der Waals surface area (Å²) in [7, 11) is 1.61. The van der Waals surface area contributed by atoms with Crippen molar-refractivity contribution in [3.63, 3.8) is 0 Å². The predicted octanol–water partition coefficient (Wildman–Crippen LogP) is 2.73. The number of piperidine rings is 1. The number of hydrogen-bond acceptors (Lipinski definition) is 7. The summed E-state index contributed by atoms with van der Waals surface area (Å²) in [5.74, 6) is 2.26. The quantitative estimate of drug-likeness (QED) is 0.668. The van der Waals surface area contributed by atoms with Crippen molar-refractivity contribution >= 4 is 28.6 Å². The molecule has 1 aliphatic rings. The molecule has 3 aromatic rings. The van der Waals surface area contributed by atoms with Crippen molar-refractivity contribution in [2.75, 3.05) is 38.3 Å². The van der Waals surface area contributed by atoms with E-state index in [1.165, 1.54) is 0 Å². The van der Waals surface area contributed by atoms with Crippen LogP contribution in [-0.4, -0.2) is 47.6 Å². The number of benzene rings is 2. The van der Waals surface area contributed by atoms with Crippen LogP contribution in [0.25, 0.3) is 10.9 Å². The molecule has 1 amide bonds. The van der Waals surface area contributed by atoms with Gasteiger partial charge in [-0.05, 0) is 55.2 Å². The van der Waals surface area contributed by atoms with E-state index in [2.05, 4.69) is 9.97 Å². The first kappa shape index (κ1) is 19.8. The number of nitrogens with two attached hydrogens (primary N) is 2. The third-order valence-corrected chi connectivity index (χ3v) is 5.44. The molecule has 2 aromatic carbocycles. The van der Waals surface area contributed by atoms with E-state index in [1.54, 1.807) is 31.4 Å². The van der Waals surface area contributed by atoms with Gasteiger partial charge in [-0.2, -0.15) is 4.98 Å². The normalized spacial score (nSPS) is 14.6. The lowest BCUT2D eigenvalue weighted by atomic mass is 9.97. The summed E-state index contributed by atoms with van der Waals surface area (Å²) < 4.78 is 11.2. The number of nitrogens with zero attached hydrogens (tertiary/aromatic N) is 3. The van der Waals surface area contributed by atoms with Crippen LogP contribution in [0, 0.1) is 5.92 Å². The molecule has 8 heteroatoms. The van der Waals surface area contributed by atoms with Gasteiger partial charge in [0.1, 0.15) is 17.3 Å². The van der Waals surface area contributed by atoms with E-state index in [0.29, 0.717) is 53.6 Å². The molecule has 1 fully saturated rings. The van der Waals surface area contributed by atoms with Crippen molar-refractivity contribution in [1.29, 1.82) is 0 Å². The lowest BCUT2D eigenvalue weighted by molar-refractivity contribution is 0.0661. The van der Waals surface area contributed by atoms with Crippen LogP contribution in [0.5, 0.6) is 11.5 Å². The molecule has 2 heterocycles. The van der Waals surface area contributed by atoms with Crippen molar-refractivity contribution < 1.29 is 14.3 Å². The van der Waals surface area contributed by atoms with Crippen LogP contribution < -0.4 is 20.9 Å². The molecule has 156 valence electrons. The summed E-state index contributed by atoms with van der Waals surface area (Å²) in [5.41, 5.74) is 13.0. The van der Waals surface area contributed by atoms with E-state index >= 15 is 0 Å². The molecule has 1 aliphatic heterocycles. The van der Waals surface area contributed by atoms with Crippen molar-refractivity contribution in [2.45, 2.75) is 12.8 Å². The minimum Gasteiger partial charge on any atom is -0.497 e. The number of anilines is 2. The van der Waals surface area contributed by atoms with E-state index in [1.807, 2.05) is 23.1 Å². The predicted molar refractivity (Wildman–Crippen MR) is 115 cm³/mol. The molecule has 8 nitrogen and oxygen atoms in total. The van der Waals surface area contributed by atoms with Gasteiger partial charge < -0.3 is 25.8 Å². The van der Waals surface area contributed by atoms with Crippen LogP contribution in [0.15, 0.2) is 42.5 Å². The van der Waals surface area contributed by atoms with Crippen molar-refractivity contribution in [3.8, 4) is 11.5 Å². The zero-order chi connectivity index (χ0) is 21.1. The molecule has 0 bridgehead atoms. The maximum atomic E-state index is 12.7. The molecular weight excluding hydrogens is 382 g/mol. The monoisotopic (exact) mass is 407 g/mol. The number of likely N-dealkylation sites (tertiary alicyclic amines) is 1. The summed E-state index contributed by atoms with van der Waals surface area (Å²) in [5, 5.41) is 0.679. The Labute approximate surface area is 174 Å². The fraction of sp³-hybridized carbons (Fsp3) is 0.318. The number of amides is 1. The molecule has 1 aromatic heterocycles. The first-order valence-corrected chi connectivity index (χ1v) is 9.93. The number of carbonyl (C=O) groups is 1. The molecule has 0 unspecified atom stereocenters. The first-order chi connectivity index (χ1) is 14.5. The van der Waals surface area contributed by atoms with Gasteiger partial charge in [0.15, 0.2) is 0 Å². The van der Waals surface area contributed by atoms with Crippen molar-refractivity contribution in [3.05, 3.63) is 48.0 Å². The number of aromatic nitrogens is 2. The number of hydrogen-bond donors (Lipinski definition) is 2. The SMILES string of the molecule is COc1ccc(C(=O)N2CCC(COc3cccc4nc(N)nc(N)c34)CC2)cc1. The molecular formula is C22H25N5O3. The maximum absolute atomic E-state index is 12.7. The molecule has 4 N–H and O–H groups in total. The highest BCUT2D eigenvalue weighted by atomic mass is 16.5. The summed E-state index contributed by atoms with van der Waals surface area (Å²) in [6, 6.07) is 12.8. The number of fused-ring (bicyclic) bond motifs is 1. The zero-order valence-electron chi connectivity index (χ0n) is 16.9. The molecule has 0 spiro atoms. The number of carbonyl (C=O) groups excluding carboxylic acids is 1. The number of nitrogen functional groups attached to an aromatic ring is 2. The molecule has 1 saturated heterocycles. The molecule has 0 saturated carbocycles. The number of ether oxygens (including phenoxy) is 2. The Morgan fingerprint density at radius 3 is 2.53 bits per heavy atom. The Hall–Kier alpha value is -3.55. The third-order valence-electron chi connectivity index (χ3n) is 5.44. The van der Waals surface area contributed by atoms with Gasteiger partial charge in [0.2, 0.25) is 5.95 Å². The molecule has 0 aliphatic carbocycles. The largest absolute Gasteiger partial charge is 0.497 e. The summed E-state index contributed by atoms with van der Waals surface area (Å²) in [6.45, 7) is 1.96. The van der Waals surface area contributed by atoms with Gasteiger partial charge in [-0.1, -0.05) is 6.07 Å². The molecule has 4 rings (SSSR count). The third kappa shape index (κ3) is 4.07. The van der Waals surface area contributed by atoms with Crippen LogP contribution in [0.2, 0.25) is 0 Å². The van der Waals surface area contributed by atoms with Gasteiger partial charge in [0.25, 0.3) is 5.91 Å². The highest BCUT2D eigenvalue weighted by Gasteiger charge is 2.24. The Bertz CT molecular complexity index is 1050. The summed E-state index contributed by atoms with van der Waals surface area (Å²) >= 11 is 0. The number of rotatable bonds is 5. The Morgan fingerprint density at radius 2 is 1.83 bits per heavy atom. The summed E-state index contributed by atoms with van der Waals surface area (Å²) in [6.07, 6.45) is 1.76. The van der Waals surface area contributed by atoms with Gasteiger partial charge >= 0.3 is 0 Å². The zero-order valence-corrected chi connectivity index (χ0v) is 16.9. The highest BCUT2D eigenvalue weighted by Crippen LogP contribution is 2.30. The molecule has 0 radical (unpaired) electrons. The van der Waals surface area contributed by atoms with E-state index in [-0.39, 0.29) is 11.9 Å². The smallest absolute Gasteiger partial charge is 0.253 e. The minimum absolute atomic E-state index is 0.0496. The van der Waals surface area contributed by atoms with Crippen LogP contribution in [0.4, 0.5) is 11.8 Å². The van der Waals surface area contributed by atoms with Gasteiger partial charge in [-0.25, -0.2) is 4.98 Å². The van der Waals surface area contributed by atoms with Crippen molar-refractivity contribution in [1.82, 2.24) is 14.9 Å². The topological polar surface area (TPSA) is 117 Å². The first-order valence-electron chi connectivity index (χ1n) is 9.93. The van der Waals surface area contributed by atoms with E-state index < -0.39 is 0 Å². The average Bonchev–Trinajstić information content (AvgIpc) is 2.77. The second kappa shape index (κ2) is 8.44. The lowest BCUT2D eigenvalue weighted by Gasteiger charge is -2.32. The maximum Gasteiger partial charge on any atom is 0.253 e. The Balaban J connectivity index is 1.35. The average molecular weight is 407 g/mol. The fourth-order valence-electron chi connectivity index (χ4n) is 3.74. The fourth-order valence-corrected chi connectivity index (χ4v) is 3.74. The van der Waals surface area contributed by atoms with Crippen LogP contribution in [-0.2, 0) is 0 Å². The Kier molecular flexibility index (Phi) is 5.56. The van der Waals surface area contributed by atoms with Crippen LogP contribution in [0.3, 0.4) is 0 Å². The van der Waals surface area contributed by atoms with Gasteiger partial charge in [0.05, 0.1) is 24.6 Å². The summed E-state index contributed by atoms with van der Waals surface area (Å²) in [4.78, 5) is 22.9. The molecule has 30 heavy (non-hydrogen) atoms. The van der Waals surface area contributed by atoms with Crippen molar-refractivity contribution in [2.24, 2.45) is 5.92 Å². The molecule has 0 atom stereocenters. The van der Waals surface area contributed by atoms with Crippen LogP contribution >= 0.6 is 0 Å². The lowest BCUT2D eigenvalue weighted by Crippen LogP contribution is -2.39. The van der Waals surface area contributed by atoms with E-state index in [0.717, 1.165) is 18.6 Å². The minimum atomic E-state index is 0.0496. The van der Waals surface area contributed by atoms with Gasteiger partial charge in [-0.15, -0.1) is 0 Å². The Morgan fingerprint density at radius 1 is 1.10 bits per heavy atom. The second-order valence-corrected chi connectivity index (χ2v) is 7.39. The second-order valence-electron chi connectivity index (χ2n) is 7.39. The van der Waals surface area contributed by atoms with E-state index in [4.69, 9.17) is 20.9 Å².